The zero-order valence-corrected chi connectivity index (χ0v) is 11.0. The number of hydrogen-bond acceptors (Lipinski definition) is 5. The summed E-state index contributed by atoms with van der Waals surface area (Å²) in [4.78, 5) is 0. The molecule has 0 aromatic carbocycles. The molecule has 0 unspecified atom stereocenters. The van der Waals surface area contributed by atoms with E-state index in [-0.39, 0.29) is 19.5 Å². The SMILES string of the molecule is CCN(CCC#N)S(=O)(=O)CCS(C)(=O)=O. The van der Waals surface area contributed by atoms with Crippen molar-refractivity contribution in [2.75, 3.05) is 30.9 Å². The van der Waals surface area contributed by atoms with Crippen molar-refractivity contribution in [2.45, 2.75) is 13.3 Å². The van der Waals surface area contributed by atoms with Gasteiger partial charge in [-0.05, 0) is 0 Å². The highest BCUT2D eigenvalue weighted by Crippen LogP contribution is 2.03. The lowest BCUT2D eigenvalue weighted by Gasteiger charge is -2.18. The highest BCUT2D eigenvalue weighted by atomic mass is 32.2. The van der Waals surface area contributed by atoms with Crippen LogP contribution in [0.15, 0.2) is 0 Å². The van der Waals surface area contributed by atoms with E-state index in [9.17, 15) is 16.8 Å². The average molecular weight is 268 g/mol. The van der Waals surface area contributed by atoms with Crippen molar-refractivity contribution >= 4 is 19.9 Å². The van der Waals surface area contributed by atoms with Gasteiger partial charge in [-0.1, -0.05) is 6.92 Å². The van der Waals surface area contributed by atoms with E-state index >= 15 is 0 Å². The van der Waals surface area contributed by atoms with Gasteiger partial charge in [-0.3, -0.25) is 0 Å². The van der Waals surface area contributed by atoms with Crippen LogP contribution in [0.2, 0.25) is 0 Å². The molecule has 8 heteroatoms. The normalized spacial score (nSPS) is 12.6. The molecule has 0 aliphatic rings. The molecule has 0 heterocycles. The van der Waals surface area contributed by atoms with Gasteiger partial charge < -0.3 is 0 Å². The summed E-state index contributed by atoms with van der Waals surface area (Å²) in [5, 5.41) is 8.37. The van der Waals surface area contributed by atoms with Crippen LogP contribution in [0.5, 0.6) is 0 Å². The number of sulfone groups is 1. The lowest BCUT2D eigenvalue weighted by atomic mass is 10.5. The molecule has 0 fully saturated rings. The number of rotatable bonds is 7. The molecule has 0 bridgehead atoms. The van der Waals surface area contributed by atoms with Crippen LogP contribution in [0, 0.1) is 11.3 Å². The lowest BCUT2D eigenvalue weighted by molar-refractivity contribution is 0.436. The van der Waals surface area contributed by atoms with Gasteiger partial charge in [0.1, 0.15) is 9.84 Å². The molecular weight excluding hydrogens is 252 g/mol. The molecule has 0 spiro atoms. The first-order valence-corrected chi connectivity index (χ1v) is 8.42. The van der Waals surface area contributed by atoms with Crippen LogP contribution in [0.4, 0.5) is 0 Å². The Balaban J connectivity index is 4.57. The average Bonchev–Trinajstić information content (AvgIpc) is 2.15. The second kappa shape index (κ2) is 6.18. The smallest absolute Gasteiger partial charge is 0.215 e. The van der Waals surface area contributed by atoms with E-state index in [1.54, 1.807) is 6.92 Å². The second-order valence-electron chi connectivity index (χ2n) is 3.35. The molecule has 0 atom stereocenters. The third kappa shape index (κ3) is 6.05. The van der Waals surface area contributed by atoms with Crippen LogP contribution in [0.25, 0.3) is 0 Å². The molecule has 0 saturated carbocycles. The third-order valence-electron chi connectivity index (χ3n) is 1.93. The number of sulfonamides is 1. The molecule has 0 aliphatic carbocycles. The summed E-state index contributed by atoms with van der Waals surface area (Å²) in [5.41, 5.74) is 0. The Morgan fingerprint density at radius 2 is 1.75 bits per heavy atom. The van der Waals surface area contributed by atoms with Crippen LogP contribution in [-0.2, 0) is 19.9 Å². The molecule has 94 valence electrons. The van der Waals surface area contributed by atoms with E-state index in [4.69, 9.17) is 5.26 Å². The first-order valence-electron chi connectivity index (χ1n) is 4.75. The molecule has 6 nitrogen and oxygen atoms in total. The zero-order valence-electron chi connectivity index (χ0n) is 9.38. The van der Waals surface area contributed by atoms with Crippen molar-refractivity contribution in [3.63, 3.8) is 0 Å². The van der Waals surface area contributed by atoms with Crippen molar-refractivity contribution in [1.82, 2.24) is 4.31 Å². The fourth-order valence-corrected chi connectivity index (χ4v) is 4.13. The van der Waals surface area contributed by atoms with Gasteiger partial charge in [0.05, 0.1) is 17.6 Å². The Labute approximate surface area is 96.8 Å². The molecule has 0 aromatic heterocycles. The molecule has 0 rings (SSSR count). The summed E-state index contributed by atoms with van der Waals surface area (Å²) >= 11 is 0. The van der Waals surface area contributed by atoms with Crippen molar-refractivity contribution < 1.29 is 16.8 Å². The summed E-state index contributed by atoms with van der Waals surface area (Å²) < 4.78 is 46.2. The first kappa shape index (κ1) is 15.3. The van der Waals surface area contributed by atoms with E-state index in [0.29, 0.717) is 0 Å². The Morgan fingerprint density at radius 3 is 2.12 bits per heavy atom. The highest BCUT2D eigenvalue weighted by Gasteiger charge is 2.21. The monoisotopic (exact) mass is 268 g/mol. The minimum atomic E-state index is -3.57. The standard InChI is InChI=1S/C8H16N2O4S2/c1-3-10(6-4-5-9)16(13,14)8-7-15(2,11)12/h3-4,6-8H2,1-2H3. The van der Waals surface area contributed by atoms with Gasteiger partial charge in [0, 0.05) is 25.8 Å². The van der Waals surface area contributed by atoms with Gasteiger partial charge in [-0.2, -0.15) is 5.26 Å². The van der Waals surface area contributed by atoms with Gasteiger partial charge in [0.2, 0.25) is 10.0 Å². The van der Waals surface area contributed by atoms with Gasteiger partial charge in [0.15, 0.2) is 0 Å². The highest BCUT2D eigenvalue weighted by molar-refractivity contribution is 7.93. The number of nitrogens with zero attached hydrogens (tertiary/aromatic N) is 2. The molecular formula is C8H16N2O4S2. The maximum Gasteiger partial charge on any atom is 0.215 e. The zero-order chi connectivity index (χ0) is 12.8. The molecule has 0 radical (unpaired) electrons. The summed E-state index contributed by atoms with van der Waals surface area (Å²) in [7, 11) is -6.87. The Kier molecular flexibility index (Phi) is 5.92. The Bertz CT molecular complexity index is 447. The van der Waals surface area contributed by atoms with Gasteiger partial charge in [0.25, 0.3) is 0 Å². The predicted octanol–water partition coefficient (Wildman–Crippen LogP) is -0.404. The molecule has 16 heavy (non-hydrogen) atoms. The van der Waals surface area contributed by atoms with Crippen molar-refractivity contribution in [3.05, 3.63) is 0 Å². The molecule has 0 amide bonds. The van der Waals surface area contributed by atoms with Crippen molar-refractivity contribution in [3.8, 4) is 6.07 Å². The van der Waals surface area contributed by atoms with Crippen LogP contribution < -0.4 is 0 Å². The number of hydrogen-bond donors (Lipinski definition) is 0. The minimum absolute atomic E-state index is 0.103. The second-order valence-corrected chi connectivity index (χ2v) is 7.69. The fourth-order valence-electron chi connectivity index (χ4n) is 1.05. The molecule has 0 saturated heterocycles. The van der Waals surface area contributed by atoms with Gasteiger partial charge in [-0.15, -0.1) is 0 Å². The Hall–Kier alpha value is -0.650. The van der Waals surface area contributed by atoms with E-state index in [1.165, 1.54) is 0 Å². The van der Waals surface area contributed by atoms with E-state index in [2.05, 4.69) is 0 Å². The first-order chi connectivity index (χ1) is 7.23. The predicted molar refractivity (Wildman–Crippen MR) is 61.0 cm³/mol. The minimum Gasteiger partial charge on any atom is -0.229 e. The lowest BCUT2D eigenvalue weighted by Crippen LogP contribution is -2.35. The maximum absolute atomic E-state index is 11.7. The van der Waals surface area contributed by atoms with Crippen LogP contribution >= 0.6 is 0 Å². The van der Waals surface area contributed by atoms with Crippen molar-refractivity contribution in [2.24, 2.45) is 0 Å². The maximum atomic E-state index is 11.7. The van der Waals surface area contributed by atoms with Gasteiger partial charge >= 0.3 is 0 Å². The van der Waals surface area contributed by atoms with E-state index in [0.717, 1.165) is 10.6 Å². The topological polar surface area (TPSA) is 95.3 Å². The van der Waals surface area contributed by atoms with Crippen LogP contribution in [0.3, 0.4) is 0 Å². The molecule has 0 aromatic rings. The Morgan fingerprint density at radius 1 is 1.19 bits per heavy atom. The summed E-state index contributed by atoms with van der Waals surface area (Å²) in [6.45, 7) is 2.00. The quantitative estimate of drug-likeness (QED) is 0.626. The fraction of sp³-hybridized carbons (Fsp3) is 0.875. The van der Waals surface area contributed by atoms with Gasteiger partial charge in [-0.25, -0.2) is 21.1 Å². The molecule has 0 aliphatic heterocycles. The van der Waals surface area contributed by atoms with E-state index < -0.39 is 31.4 Å². The van der Waals surface area contributed by atoms with Crippen LogP contribution in [0.1, 0.15) is 13.3 Å². The van der Waals surface area contributed by atoms with Crippen LogP contribution in [-0.4, -0.2) is 52.0 Å². The molecule has 0 N–H and O–H groups in total. The number of nitriles is 1. The summed E-state index contributed by atoms with van der Waals surface area (Å²) in [6.07, 6.45) is 1.10. The van der Waals surface area contributed by atoms with E-state index in [1.807, 2.05) is 6.07 Å². The van der Waals surface area contributed by atoms with Crippen molar-refractivity contribution in [1.29, 1.82) is 5.26 Å². The summed E-state index contributed by atoms with van der Waals surface area (Å²) in [6, 6.07) is 1.85. The third-order valence-corrected chi connectivity index (χ3v) is 5.08. The summed E-state index contributed by atoms with van der Waals surface area (Å²) in [5.74, 6) is -0.816. The largest absolute Gasteiger partial charge is 0.229 e.